The number of amides is 1. The van der Waals surface area contributed by atoms with Gasteiger partial charge in [0.15, 0.2) is 0 Å². The van der Waals surface area contributed by atoms with Gasteiger partial charge in [-0.2, -0.15) is 0 Å². The summed E-state index contributed by atoms with van der Waals surface area (Å²) in [7, 11) is 0. The maximum Gasteiger partial charge on any atom is 0.267 e. The summed E-state index contributed by atoms with van der Waals surface area (Å²) in [6, 6.07) is 24.8. The van der Waals surface area contributed by atoms with Crippen LogP contribution in [0.15, 0.2) is 91.0 Å². The number of hydrogen-bond donors (Lipinski definition) is 3. The molecule has 5 heteroatoms. The topological polar surface area (TPSA) is 70.6 Å². The first-order valence-electron chi connectivity index (χ1n) is 11.9. The van der Waals surface area contributed by atoms with E-state index in [1.54, 1.807) is 11.6 Å². The zero-order valence-corrected chi connectivity index (χ0v) is 20.5. The zero-order valence-electron chi connectivity index (χ0n) is 20.5. The Balaban J connectivity index is 1.52. The van der Waals surface area contributed by atoms with Crippen molar-refractivity contribution in [2.24, 2.45) is 0 Å². The van der Waals surface area contributed by atoms with Crippen molar-refractivity contribution < 1.29 is 14.7 Å². The molecular weight excluding hydrogens is 436 g/mol. The van der Waals surface area contributed by atoms with Crippen molar-refractivity contribution in [2.75, 3.05) is 6.54 Å². The molecule has 3 rings (SSSR count). The quantitative estimate of drug-likeness (QED) is 0.136. The van der Waals surface area contributed by atoms with Crippen LogP contribution in [0.1, 0.15) is 41.2 Å². The molecule has 3 aromatic rings. The van der Waals surface area contributed by atoms with Gasteiger partial charge in [-0.3, -0.25) is 10.0 Å². The molecule has 0 saturated heterocycles. The Labute approximate surface area is 208 Å². The molecule has 0 radical (unpaired) electrons. The van der Waals surface area contributed by atoms with E-state index in [1.807, 2.05) is 24.3 Å². The minimum atomic E-state index is -0.521. The third-order valence-corrected chi connectivity index (χ3v) is 5.80. The molecule has 0 atom stereocenters. The average molecular weight is 471 g/mol. The Kier molecular flexibility index (Phi) is 10.3. The van der Waals surface area contributed by atoms with Crippen molar-refractivity contribution >= 4 is 11.5 Å². The highest BCUT2D eigenvalue weighted by Gasteiger charge is 2.12. The number of carbonyl (C=O) groups is 1. The van der Waals surface area contributed by atoms with Crippen LogP contribution in [0, 0.1) is 6.92 Å². The number of aryl methyl sites for hydroxylation is 1. The van der Waals surface area contributed by atoms with E-state index in [9.17, 15) is 4.79 Å². The van der Waals surface area contributed by atoms with Gasteiger partial charge in [0, 0.05) is 18.2 Å². The first-order valence-corrected chi connectivity index (χ1v) is 11.9. The second kappa shape index (κ2) is 13.9. The molecule has 0 aliphatic carbocycles. The number of allylic oxidation sites excluding steroid dienone is 2. The van der Waals surface area contributed by atoms with Crippen LogP contribution in [0.3, 0.4) is 0 Å². The van der Waals surface area contributed by atoms with E-state index >= 15 is 0 Å². The molecule has 0 saturated carbocycles. The number of carbonyl (C=O) groups excluding carboxylic acids is 1. The van der Waals surface area contributed by atoms with Crippen LogP contribution in [0.25, 0.3) is 5.57 Å². The lowest BCUT2D eigenvalue weighted by atomic mass is 9.96. The van der Waals surface area contributed by atoms with E-state index in [2.05, 4.69) is 73.8 Å². The number of nitrogens with one attached hydrogen (secondary N) is 2. The summed E-state index contributed by atoms with van der Waals surface area (Å²) < 4.78 is 6.22. The Morgan fingerprint density at radius 3 is 2.40 bits per heavy atom. The predicted octanol–water partition coefficient (Wildman–Crippen LogP) is 5.76. The minimum absolute atomic E-state index is 0.521. The Morgan fingerprint density at radius 1 is 0.943 bits per heavy atom. The second-order valence-corrected chi connectivity index (χ2v) is 8.36. The molecule has 0 spiro atoms. The molecule has 0 unspecified atom stereocenters. The van der Waals surface area contributed by atoms with E-state index < -0.39 is 5.91 Å². The van der Waals surface area contributed by atoms with E-state index in [4.69, 9.17) is 9.94 Å². The smallest absolute Gasteiger partial charge is 0.267 e. The summed E-state index contributed by atoms with van der Waals surface area (Å²) in [4.78, 5) is 11.0. The van der Waals surface area contributed by atoms with Gasteiger partial charge in [-0.1, -0.05) is 78.9 Å². The lowest BCUT2D eigenvalue weighted by Gasteiger charge is -2.17. The van der Waals surface area contributed by atoms with Crippen LogP contribution in [0.2, 0.25) is 0 Å². The number of hydroxylamine groups is 1. The number of rotatable bonds is 12. The summed E-state index contributed by atoms with van der Waals surface area (Å²) in [5.41, 5.74) is 8.71. The van der Waals surface area contributed by atoms with Crippen molar-refractivity contribution in [3.05, 3.63) is 119 Å². The number of benzene rings is 3. The van der Waals surface area contributed by atoms with Crippen LogP contribution < -0.4 is 15.5 Å². The van der Waals surface area contributed by atoms with E-state index in [0.717, 1.165) is 36.4 Å². The molecule has 0 aliphatic heterocycles. The number of ether oxygens (including phenoxy) is 1. The summed E-state index contributed by atoms with van der Waals surface area (Å²) in [5, 5.41) is 12.1. The lowest BCUT2D eigenvalue weighted by Crippen LogP contribution is -2.15. The van der Waals surface area contributed by atoms with Gasteiger partial charge in [0.05, 0.1) is 0 Å². The van der Waals surface area contributed by atoms with Crippen LogP contribution in [0.4, 0.5) is 0 Å². The highest BCUT2D eigenvalue weighted by atomic mass is 16.5. The van der Waals surface area contributed by atoms with Crippen LogP contribution >= 0.6 is 0 Å². The number of hydrogen-bond acceptors (Lipinski definition) is 4. The maximum atomic E-state index is 11.0. The van der Waals surface area contributed by atoms with Gasteiger partial charge in [0.2, 0.25) is 0 Å². The molecule has 0 aromatic heterocycles. The highest BCUT2D eigenvalue weighted by Crippen LogP contribution is 2.32. The fourth-order valence-corrected chi connectivity index (χ4v) is 3.91. The first-order chi connectivity index (χ1) is 17.1. The van der Waals surface area contributed by atoms with E-state index in [-0.39, 0.29) is 0 Å². The zero-order chi connectivity index (χ0) is 24.9. The standard InChI is InChI=1S/C30H34N2O3/c1-3-27(30-23(2)9-7-13-28(30)35-22-26-10-5-4-6-11-26)19-20-31-21-25-17-15-24(16-18-25)12-8-14-29(33)32-34/h3-11,13-18,31,34H,12,19-22H2,1-2H3,(H,32,33)/b14-8+,27-3-. The van der Waals surface area contributed by atoms with E-state index in [1.165, 1.54) is 28.3 Å². The predicted molar refractivity (Wildman–Crippen MR) is 141 cm³/mol. The Bertz CT molecular complexity index is 1140. The van der Waals surface area contributed by atoms with Crippen molar-refractivity contribution in [2.45, 2.75) is 39.8 Å². The van der Waals surface area contributed by atoms with Gasteiger partial charge in [0.25, 0.3) is 5.91 Å². The maximum absolute atomic E-state index is 11.0. The molecule has 3 aromatic carbocycles. The molecule has 3 N–H and O–H groups in total. The Hall–Kier alpha value is -3.67. The van der Waals surface area contributed by atoms with Gasteiger partial charge in [-0.05, 0) is 67.1 Å². The van der Waals surface area contributed by atoms with Gasteiger partial charge in [0.1, 0.15) is 12.4 Å². The SMILES string of the molecule is C/C=C(/CCNCc1ccc(C/C=C/C(=O)NO)cc1)c1c(C)cccc1OCc1ccccc1. The second-order valence-electron chi connectivity index (χ2n) is 8.36. The Morgan fingerprint density at radius 2 is 1.69 bits per heavy atom. The van der Waals surface area contributed by atoms with E-state index in [0.29, 0.717) is 13.0 Å². The fraction of sp³-hybridized carbons (Fsp3) is 0.233. The third-order valence-electron chi connectivity index (χ3n) is 5.80. The molecule has 0 fully saturated rings. The molecule has 182 valence electrons. The molecule has 1 amide bonds. The minimum Gasteiger partial charge on any atom is -0.488 e. The van der Waals surface area contributed by atoms with Crippen LogP contribution in [-0.2, 0) is 24.4 Å². The van der Waals surface area contributed by atoms with Gasteiger partial charge in [-0.15, -0.1) is 0 Å². The van der Waals surface area contributed by atoms with Crippen LogP contribution in [0.5, 0.6) is 5.75 Å². The molecule has 0 heterocycles. The molecule has 0 bridgehead atoms. The summed E-state index contributed by atoms with van der Waals surface area (Å²) in [6.07, 6.45) is 6.76. The molecule has 5 nitrogen and oxygen atoms in total. The summed E-state index contributed by atoms with van der Waals surface area (Å²) in [6.45, 7) is 6.40. The molecular formula is C30H34N2O3. The summed E-state index contributed by atoms with van der Waals surface area (Å²) >= 11 is 0. The van der Waals surface area contributed by atoms with Crippen LogP contribution in [-0.4, -0.2) is 17.7 Å². The lowest BCUT2D eigenvalue weighted by molar-refractivity contribution is -0.124. The molecule has 35 heavy (non-hydrogen) atoms. The normalized spacial score (nSPS) is 11.6. The van der Waals surface area contributed by atoms with Crippen molar-refractivity contribution in [3.8, 4) is 5.75 Å². The fourth-order valence-electron chi connectivity index (χ4n) is 3.91. The van der Waals surface area contributed by atoms with Gasteiger partial charge < -0.3 is 10.1 Å². The van der Waals surface area contributed by atoms with Crippen molar-refractivity contribution in [1.29, 1.82) is 0 Å². The van der Waals surface area contributed by atoms with Gasteiger partial charge in [-0.25, -0.2) is 5.48 Å². The van der Waals surface area contributed by atoms with Crippen molar-refractivity contribution in [3.63, 3.8) is 0 Å². The van der Waals surface area contributed by atoms with Gasteiger partial charge >= 0.3 is 0 Å². The first kappa shape index (κ1) is 25.9. The molecule has 0 aliphatic rings. The van der Waals surface area contributed by atoms with Crippen molar-refractivity contribution in [1.82, 2.24) is 10.8 Å². The monoisotopic (exact) mass is 470 g/mol. The largest absolute Gasteiger partial charge is 0.488 e. The summed E-state index contributed by atoms with van der Waals surface area (Å²) in [5.74, 6) is 0.398. The highest BCUT2D eigenvalue weighted by molar-refractivity contribution is 5.86. The average Bonchev–Trinajstić information content (AvgIpc) is 2.89. The third kappa shape index (κ3) is 8.25.